The van der Waals surface area contributed by atoms with Crippen molar-refractivity contribution in [3.8, 4) is 44.5 Å². The van der Waals surface area contributed by atoms with E-state index in [2.05, 4.69) is 214 Å². The number of hydrogen-bond acceptors (Lipinski definition) is 1. The van der Waals surface area contributed by atoms with Crippen molar-refractivity contribution < 1.29 is 0 Å². The van der Waals surface area contributed by atoms with Gasteiger partial charge < -0.3 is 9.88 Å². The molecular formula is C54H42N2. The van der Waals surface area contributed by atoms with Crippen molar-refractivity contribution in [1.82, 2.24) is 4.98 Å². The van der Waals surface area contributed by atoms with Gasteiger partial charge >= 0.3 is 0 Å². The van der Waals surface area contributed by atoms with Crippen molar-refractivity contribution >= 4 is 38.9 Å². The van der Waals surface area contributed by atoms with E-state index in [0.29, 0.717) is 0 Å². The number of fused-ring (bicyclic) bond motifs is 9. The third kappa shape index (κ3) is 4.69. The number of benzene rings is 8. The van der Waals surface area contributed by atoms with E-state index >= 15 is 0 Å². The van der Waals surface area contributed by atoms with Crippen molar-refractivity contribution in [1.29, 1.82) is 0 Å². The Balaban J connectivity index is 1.11. The number of para-hydroxylation sites is 2. The van der Waals surface area contributed by atoms with Gasteiger partial charge in [0.15, 0.2) is 0 Å². The van der Waals surface area contributed by atoms with Crippen LogP contribution in [0.15, 0.2) is 176 Å². The molecule has 2 nitrogen and oxygen atoms in total. The summed E-state index contributed by atoms with van der Waals surface area (Å²) in [6.45, 7) is 9.49. The Kier molecular flexibility index (Phi) is 6.98. The first-order valence-corrected chi connectivity index (χ1v) is 19.8. The Labute approximate surface area is 328 Å². The second-order valence-corrected chi connectivity index (χ2v) is 16.6. The van der Waals surface area contributed by atoms with E-state index in [1.54, 1.807) is 0 Å². The molecule has 268 valence electrons. The molecule has 0 spiro atoms. The second kappa shape index (κ2) is 11.9. The maximum atomic E-state index is 3.80. The van der Waals surface area contributed by atoms with E-state index in [1.165, 1.54) is 88.6 Å². The second-order valence-electron chi connectivity index (χ2n) is 16.6. The van der Waals surface area contributed by atoms with Gasteiger partial charge in [0.25, 0.3) is 0 Å². The molecule has 1 heterocycles. The minimum absolute atomic E-state index is 0.107. The molecule has 11 rings (SSSR count). The average Bonchev–Trinajstić information content (AvgIpc) is 3.81. The fourth-order valence-corrected chi connectivity index (χ4v) is 9.97. The van der Waals surface area contributed by atoms with Gasteiger partial charge in [-0.05, 0) is 104 Å². The van der Waals surface area contributed by atoms with Crippen molar-refractivity contribution in [3.63, 3.8) is 0 Å². The molecule has 1 aromatic heterocycles. The first-order chi connectivity index (χ1) is 27.3. The highest BCUT2D eigenvalue weighted by Gasteiger charge is 2.39. The molecule has 0 fully saturated rings. The number of H-pyrrole nitrogens is 1. The van der Waals surface area contributed by atoms with Crippen LogP contribution in [-0.2, 0) is 10.8 Å². The topological polar surface area (TPSA) is 19.0 Å². The van der Waals surface area contributed by atoms with Crippen LogP contribution in [0.25, 0.3) is 66.3 Å². The molecule has 1 N–H and O–H groups in total. The largest absolute Gasteiger partial charge is 0.354 e. The van der Waals surface area contributed by atoms with Gasteiger partial charge in [-0.15, -0.1) is 0 Å². The Morgan fingerprint density at radius 2 is 0.946 bits per heavy atom. The van der Waals surface area contributed by atoms with Gasteiger partial charge in [-0.25, -0.2) is 0 Å². The van der Waals surface area contributed by atoms with E-state index in [1.807, 2.05) is 0 Å². The lowest BCUT2D eigenvalue weighted by Crippen LogP contribution is -2.17. The van der Waals surface area contributed by atoms with Crippen LogP contribution in [0.1, 0.15) is 49.9 Å². The van der Waals surface area contributed by atoms with Crippen LogP contribution < -0.4 is 4.90 Å². The zero-order valence-corrected chi connectivity index (χ0v) is 32.2. The van der Waals surface area contributed by atoms with Gasteiger partial charge in [-0.3, -0.25) is 0 Å². The van der Waals surface area contributed by atoms with Gasteiger partial charge in [-0.2, -0.15) is 0 Å². The molecule has 56 heavy (non-hydrogen) atoms. The molecule has 0 radical (unpaired) electrons. The summed E-state index contributed by atoms with van der Waals surface area (Å²) in [5.41, 5.74) is 21.2. The van der Waals surface area contributed by atoms with Crippen LogP contribution in [0, 0.1) is 0 Å². The monoisotopic (exact) mass is 718 g/mol. The first kappa shape index (κ1) is 32.8. The summed E-state index contributed by atoms with van der Waals surface area (Å²) in [4.78, 5) is 6.25. The molecule has 2 aliphatic carbocycles. The zero-order valence-electron chi connectivity index (χ0n) is 32.2. The van der Waals surface area contributed by atoms with Gasteiger partial charge in [-0.1, -0.05) is 161 Å². The smallest absolute Gasteiger partial charge is 0.0544 e. The first-order valence-electron chi connectivity index (χ1n) is 19.8. The minimum Gasteiger partial charge on any atom is -0.354 e. The number of rotatable bonds is 5. The molecule has 0 unspecified atom stereocenters. The van der Waals surface area contributed by atoms with Gasteiger partial charge in [0.05, 0.1) is 5.52 Å². The molecule has 2 aliphatic rings. The van der Waals surface area contributed by atoms with Gasteiger partial charge in [0.1, 0.15) is 0 Å². The lowest BCUT2D eigenvalue weighted by atomic mass is 9.82. The maximum Gasteiger partial charge on any atom is 0.0544 e. The van der Waals surface area contributed by atoms with Crippen LogP contribution in [0.5, 0.6) is 0 Å². The number of nitrogens with one attached hydrogen (secondary N) is 1. The molecule has 2 heteroatoms. The number of anilines is 3. The Morgan fingerprint density at radius 3 is 1.80 bits per heavy atom. The van der Waals surface area contributed by atoms with E-state index in [4.69, 9.17) is 0 Å². The maximum absolute atomic E-state index is 3.80. The van der Waals surface area contributed by atoms with Crippen LogP contribution in [0.3, 0.4) is 0 Å². The van der Waals surface area contributed by atoms with Crippen LogP contribution in [0.2, 0.25) is 0 Å². The lowest BCUT2D eigenvalue weighted by molar-refractivity contribution is 0.660. The zero-order chi connectivity index (χ0) is 37.8. The number of nitrogens with zero attached hydrogens (tertiary/aromatic N) is 1. The highest BCUT2D eigenvalue weighted by atomic mass is 15.1. The molecular weight excluding hydrogens is 677 g/mol. The quantitative estimate of drug-likeness (QED) is 0.188. The standard InChI is InChI=1S/C54H42N2/c1-53(2)47-31-29-37(32-45(47)51-42(18-13-22-48(51)53)44-20-12-19-43-41-17-9-11-23-50(41)55-52(43)44)56(36-26-24-35(25-27-36)34-14-6-5-7-15-34)38-28-30-40-39-16-8-10-21-46(39)54(3,4)49(40)33-38/h5-33,55H,1-4H3. The van der Waals surface area contributed by atoms with Crippen molar-refractivity contribution in [2.45, 2.75) is 38.5 Å². The fraction of sp³-hybridized carbons (Fsp3) is 0.111. The fourth-order valence-electron chi connectivity index (χ4n) is 9.97. The lowest BCUT2D eigenvalue weighted by Gasteiger charge is -2.29. The van der Waals surface area contributed by atoms with E-state index < -0.39 is 0 Å². The third-order valence-electron chi connectivity index (χ3n) is 12.8. The Bertz CT molecular complexity index is 3020. The molecule has 0 saturated carbocycles. The van der Waals surface area contributed by atoms with Crippen LogP contribution in [-0.4, -0.2) is 4.98 Å². The highest BCUT2D eigenvalue weighted by molar-refractivity contribution is 6.13. The summed E-state index contributed by atoms with van der Waals surface area (Å²) < 4.78 is 0. The summed E-state index contributed by atoms with van der Waals surface area (Å²) in [5.74, 6) is 0. The molecule has 0 amide bonds. The summed E-state index contributed by atoms with van der Waals surface area (Å²) >= 11 is 0. The predicted octanol–water partition coefficient (Wildman–Crippen LogP) is 14.7. The predicted molar refractivity (Wildman–Crippen MR) is 236 cm³/mol. The van der Waals surface area contributed by atoms with Crippen molar-refractivity contribution in [3.05, 3.63) is 198 Å². The summed E-state index contributed by atoms with van der Waals surface area (Å²) in [7, 11) is 0. The summed E-state index contributed by atoms with van der Waals surface area (Å²) in [6, 6.07) is 65.2. The van der Waals surface area contributed by atoms with E-state index in [0.717, 1.165) is 17.1 Å². The Hall–Kier alpha value is -6.64. The average molecular weight is 719 g/mol. The molecule has 0 aliphatic heterocycles. The summed E-state index contributed by atoms with van der Waals surface area (Å²) in [6.07, 6.45) is 0. The molecule has 9 aromatic rings. The van der Waals surface area contributed by atoms with Gasteiger partial charge in [0, 0.05) is 49.7 Å². The molecule has 0 atom stereocenters. The highest BCUT2D eigenvalue weighted by Crippen LogP contribution is 2.55. The molecule has 0 bridgehead atoms. The van der Waals surface area contributed by atoms with E-state index in [9.17, 15) is 0 Å². The van der Waals surface area contributed by atoms with Crippen molar-refractivity contribution in [2.24, 2.45) is 0 Å². The number of aromatic amines is 1. The molecule has 8 aromatic carbocycles. The number of hydrogen-bond donors (Lipinski definition) is 1. The normalized spacial score (nSPS) is 14.4. The SMILES string of the molecule is CC1(C)c2ccccc2-c2ccc(N(c3ccc(-c4ccccc4)cc3)c3ccc4c(c3)-c3c(-c5cccc6c5[nH]c5ccccc56)cccc3C4(C)C)cc21. The van der Waals surface area contributed by atoms with Gasteiger partial charge in [0.2, 0.25) is 0 Å². The van der Waals surface area contributed by atoms with Crippen LogP contribution >= 0.6 is 0 Å². The Morgan fingerprint density at radius 1 is 0.375 bits per heavy atom. The summed E-state index contributed by atoms with van der Waals surface area (Å²) in [5, 5.41) is 2.52. The number of aromatic nitrogens is 1. The minimum atomic E-state index is -0.154. The van der Waals surface area contributed by atoms with E-state index in [-0.39, 0.29) is 10.8 Å². The molecule has 0 saturated heterocycles. The van der Waals surface area contributed by atoms with Crippen LogP contribution in [0.4, 0.5) is 17.1 Å². The third-order valence-corrected chi connectivity index (χ3v) is 12.8. The van der Waals surface area contributed by atoms with Crippen molar-refractivity contribution in [2.75, 3.05) is 4.90 Å².